The molecule has 1 unspecified atom stereocenters. The molecule has 0 saturated carbocycles. The fourth-order valence-electron chi connectivity index (χ4n) is 2.38. The monoisotopic (exact) mass is 270 g/mol. The van der Waals surface area contributed by atoms with Gasteiger partial charge in [-0.2, -0.15) is 0 Å². The molecule has 2 N–H and O–H groups in total. The summed E-state index contributed by atoms with van der Waals surface area (Å²) in [5.41, 5.74) is 6.94. The average molecular weight is 270 g/mol. The maximum absolute atomic E-state index is 11.6. The summed E-state index contributed by atoms with van der Waals surface area (Å²) in [5, 5.41) is 0.906. The molecular weight excluding hydrogens is 252 g/mol. The van der Waals surface area contributed by atoms with Crippen LogP contribution in [-0.4, -0.2) is 17.2 Å². The summed E-state index contributed by atoms with van der Waals surface area (Å²) in [6.45, 7) is 4.07. The third-order valence-corrected chi connectivity index (χ3v) is 3.28. The quantitative estimate of drug-likeness (QED) is 0.849. The number of pyridine rings is 1. The molecule has 0 bridgehead atoms. The Morgan fingerprint density at radius 3 is 2.65 bits per heavy atom. The van der Waals surface area contributed by atoms with Crippen LogP contribution in [0.4, 0.5) is 0 Å². The molecule has 0 aliphatic carbocycles. The second-order valence-electron chi connectivity index (χ2n) is 5.36. The van der Waals surface area contributed by atoms with Crippen molar-refractivity contribution in [1.82, 2.24) is 4.98 Å². The molecule has 1 aromatic carbocycles. The van der Waals surface area contributed by atoms with Crippen LogP contribution >= 0.6 is 0 Å². The molecule has 0 aliphatic rings. The lowest BCUT2D eigenvalue weighted by atomic mass is 9.89. The van der Waals surface area contributed by atoms with E-state index in [1.807, 2.05) is 44.2 Å². The van der Waals surface area contributed by atoms with Crippen molar-refractivity contribution in [1.29, 1.82) is 0 Å². The maximum Gasteiger partial charge on any atom is 0.267 e. The van der Waals surface area contributed by atoms with Gasteiger partial charge in [-0.15, -0.1) is 0 Å². The first-order chi connectivity index (χ1) is 9.52. The summed E-state index contributed by atoms with van der Waals surface area (Å²) in [5.74, 6) is -0.603. The number of para-hydroxylation sites is 1. The topological polar surface area (TPSA) is 73.1 Å². The van der Waals surface area contributed by atoms with E-state index in [2.05, 4.69) is 4.98 Å². The minimum atomic E-state index is -0.596. The van der Waals surface area contributed by atoms with E-state index in [4.69, 9.17) is 5.73 Å². The number of rotatable bonds is 5. The summed E-state index contributed by atoms with van der Waals surface area (Å²) in [6.07, 6.45) is 1.54. The number of amides is 1. The molecule has 4 heteroatoms. The van der Waals surface area contributed by atoms with Crippen molar-refractivity contribution in [3.05, 3.63) is 41.6 Å². The van der Waals surface area contributed by atoms with Crippen molar-refractivity contribution in [3.63, 3.8) is 0 Å². The van der Waals surface area contributed by atoms with Crippen LogP contribution in [0.1, 0.15) is 42.2 Å². The zero-order valence-corrected chi connectivity index (χ0v) is 11.7. The predicted octanol–water partition coefficient (Wildman–Crippen LogP) is 2.66. The van der Waals surface area contributed by atoms with E-state index in [0.29, 0.717) is 23.4 Å². The number of hydrogen-bond acceptors (Lipinski definition) is 3. The van der Waals surface area contributed by atoms with Crippen LogP contribution < -0.4 is 5.73 Å². The average Bonchev–Trinajstić information content (AvgIpc) is 2.43. The normalized spacial score (nSPS) is 12.6. The van der Waals surface area contributed by atoms with Gasteiger partial charge in [0.2, 0.25) is 0 Å². The van der Waals surface area contributed by atoms with E-state index < -0.39 is 5.91 Å². The minimum absolute atomic E-state index is 0.196. The van der Waals surface area contributed by atoms with E-state index in [-0.39, 0.29) is 11.6 Å². The minimum Gasteiger partial charge on any atom is -0.364 e. The number of hydrogen-bond donors (Lipinski definition) is 1. The van der Waals surface area contributed by atoms with Crippen LogP contribution in [0.5, 0.6) is 0 Å². The third kappa shape index (κ3) is 2.85. The molecule has 1 atom stereocenters. The first-order valence-electron chi connectivity index (χ1n) is 6.67. The largest absolute Gasteiger partial charge is 0.364 e. The van der Waals surface area contributed by atoms with Gasteiger partial charge in [0.1, 0.15) is 12.0 Å². The van der Waals surface area contributed by atoms with Crippen LogP contribution in [-0.2, 0) is 4.79 Å². The second kappa shape index (κ2) is 5.82. The summed E-state index contributed by atoms with van der Waals surface area (Å²) >= 11 is 0. The highest BCUT2D eigenvalue weighted by Crippen LogP contribution is 2.27. The van der Waals surface area contributed by atoms with E-state index in [0.717, 1.165) is 11.7 Å². The fourth-order valence-corrected chi connectivity index (χ4v) is 2.38. The van der Waals surface area contributed by atoms with E-state index in [9.17, 15) is 9.59 Å². The van der Waals surface area contributed by atoms with Gasteiger partial charge in [-0.3, -0.25) is 4.79 Å². The molecule has 0 radical (unpaired) electrons. The van der Waals surface area contributed by atoms with Gasteiger partial charge in [0.25, 0.3) is 5.91 Å². The Balaban J connectivity index is 2.62. The molecule has 2 aromatic rings. The van der Waals surface area contributed by atoms with Crippen LogP contribution in [0.2, 0.25) is 0 Å². The van der Waals surface area contributed by atoms with Crippen LogP contribution in [0.25, 0.3) is 10.9 Å². The molecule has 0 spiro atoms. The van der Waals surface area contributed by atoms with Gasteiger partial charge in [0.05, 0.1) is 5.52 Å². The van der Waals surface area contributed by atoms with E-state index >= 15 is 0 Å². The van der Waals surface area contributed by atoms with Crippen molar-refractivity contribution in [2.45, 2.75) is 26.2 Å². The molecule has 4 nitrogen and oxygen atoms in total. The summed E-state index contributed by atoms with van der Waals surface area (Å²) in [4.78, 5) is 27.3. The van der Waals surface area contributed by atoms with Gasteiger partial charge in [0, 0.05) is 11.3 Å². The standard InChI is InChI=1S/C16H18N2O2/c1-10(2)7-12(9-19)13-8-11-5-3-4-6-14(11)18-15(13)16(17)20/h3-6,8-10,12H,7H2,1-2H3,(H2,17,20). The first kappa shape index (κ1) is 14.2. The lowest BCUT2D eigenvalue weighted by molar-refractivity contribution is -0.109. The second-order valence-corrected chi connectivity index (χ2v) is 5.36. The molecule has 1 aromatic heterocycles. The number of aldehydes is 1. The predicted molar refractivity (Wildman–Crippen MR) is 78.5 cm³/mol. The Bertz CT molecular complexity index is 650. The SMILES string of the molecule is CC(C)CC(C=O)c1cc2ccccc2nc1C(N)=O. The number of nitrogens with zero attached hydrogens (tertiary/aromatic N) is 1. The number of nitrogens with two attached hydrogens (primary N) is 1. The molecule has 0 saturated heterocycles. The molecule has 104 valence electrons. The maximum atomic E-state index is 11.6. The van der Waals surface area contributed by atoms with Gasteiger partial charge < -0.3 is 10.5 Å². The zero-order valence-electron chi connectivity index (χ0n) is 11.7. The third-order valence-electron chi connectivity index (χ3n) is 3.28. The summed E-state index contributed by atoms with van der Waals surface area (Å²) < 4.78 is 0. The van der Waals surface area contributed by atoms with Crippen molar-refractivity contribution in [2.24, 2.45) is 11.7 Å². The Morgan fingerprint density at radius 2 is 2.05 bits per heavy atom. The fraction of sp³-hybridized carbons (Fsp3) is 0.312. The molecule has 20 heavy (non-hydrogen) atoms. The van der Waals surface area contributed by atoms with Gasteiger partial charge in [-0.25, -0.2) is 4.98 Å². The lowest BCUT2D eigenvalue weighted by Crippen LogP contribution is -2.19. The highest BCUT2D eigenvalue weighted by atomic mass is 16.1. The molecule has 1 heterocycles. The molecule has 0 aliphatic heterocycles. The van der Waals surface area contributed by atoms with Gasteiger partial charge in [0.15, 0.2) is 0 Å². The van der Waals surface area contributed by atoms with Crippen molar-refractivity contribution >= 4 is 23.1 Å². The van der Waals surface area contributed by atoms with E-state index in [1.54, 1.807) is 0 Å². The van der Waals surface area contributed by atoms with Crippen molar-refractivity contribution in [2.75, 3.05) is 0 Å². The smallest absolute Gasteiger partial charge is 0.267 e. The van der Waals surface area contributed by atoms with E-state index in [1.165, 1.54) is 0 Å². The van der Waals surface area contributed by atoms with Crippen molar-refractivity contribution < 1.29 is 9.59 Å². The van der Waals surface area contributed by atoms with Crippen LogP contribution in [0, 0.1) is 5.92 Å². The van der Waals surface area contributed by atoms with Gasteiger partial charge in [-0.05, 0) is 30.0 Å². The van der Waals surface area contributed by atoms with Crippen LogP contribution in [0.3, 0.4) is 0 Å². The summed E-state index contributed by atoms with van der Waals surface area (Å²) in [7, 11) is 0. The van der Waals surface area contributed by atoms with Crippen molar-refractivity contribution in [3.8, 4) is 0 Å². The van der Waals surface area contributed by atoms with Crippen LogP contribution in [0.15, 0.2) is 30.3 Å². The zero-order chi connectivity index (χ0) is 14.7. The highest BCUT2D eigenvalue weighted by Gasteiger charge is 2.20. The number of fused-ring (bicyclic) bond motifs is 1. The Kier molecular flexibility index (Phi) is 4.13. The Hall–Kier alpha value is -2.23. The highest BCUT2D eigenvalue weighted by molar-refractivity contribution is 5.96. The number of benzene rings is 1. The first-order valence-corrected chi connectivity index (χ1v) is 6.67. The number of aromatic nitrogens is 1. The number of primary amides is 1. The number of carbonyl (C=O) groups excluding carboxylic acids is 2. The Labute approximate surface area is 118 Å². The molecular formula is C16H18N2O2. The van der Waals surface area contributed by atoms with Gasteiger partial charge >= 0.3 is 0 Å². The molecule has 0 fully saturated rings. The molecule has 2 rings (SSSR count). The Morgan fingerprint density at radius 1 is 1.35 bits per heavy atom. The van der Waals surface area contributed by atoms with Gasteiger partial charge in [-0.1, -0.05) is 32.0 Å². The summed E-state index contributed by atoms with van der Waals surface area (Å²) in [6, 6.07) is 9.34. The number of carbonyl (C=O) groups is 2. The lowest BCUT2D eigenvalue weighted by Gasteiger charge is -2.16. The molecule has 1 amide bonds.